The minimum absolute atomic E-state index is 0.0335. The fourth-order valence-electron chi connectivity index (χ4n) is 1.43. The van der Waals surface area contributed by atoms with E-state index < -0.39 is 21.4 Å². The van der Waals surface area contributed by atoms with Crippen LogP contribution in [-0.2, 0) is 15.0 Å². The van der Waals surface area contributed by atoms with E-state index in [-0.39, 0.29) is 18.9 Å². The molecule has 0 radical (unpaired) electrons. The third-order valence-electron chi connectivity index (χ3n) is 2.21. The number of aromatic nitrogens is 3. The van der Waals surface area contributed by atoms with Gasteiger partial charge in [-0.15, -0.1) is 3.89 Å². The molecule has 7 nitrogen and oxygen atoms in total. The van der Waals surface area contributed by atoms with Crippen LogP contribution in [0.1, 0.15) is 6.42 Å². The number of hydrogen-bond donors (Lipinski definition) is 0. The van der Waals surface area contributed by atoms with Gasteiger partial charge in [-0.1, -0.05) is 0 Å². The van der Waals surface area contributed by atoms with E-state index in [4.69, 9.17) is 0 Å². The molecule has 0 aliphatic carbocycles. The maximum absolute atomic E-state index is 12.7. The average Bonchev–Trinajstić information content (AvgIpc) is 2.61. The summed E-state index contributed by atoms with van der Waals surface area (Å²) in [4.78, 5) is 23.4. The Balaban J connectivity index is 2.25. The Labute approximate surface area is 90.6 Å². The van der Waals surface area contributed by atoms with Gasteiger partial charge in [-0.05, 0) is 0 Å². The van der Waals surface area contributed by atoms with Crippen molar-refractivity contribution in [2.24, 2.45) is 0 Å². The Morgan fingerprint density at radius 3 is 2.50 bits per heavy atom. The lowest BCUT2D eigenvalue weighted by Gasteiger charge is -2.12. The van der Waals surface area contributed by atoms with Crippen LogP contribution in [0.2, 0.25) is 0 Å². The first kappa shape index (κ1) is 10.9. The highest BCUT2D eigenvalue weighted by atomic mass is 32.3. The lowest BCUT2D eigenvalue weighted by molar-refractivity contribution is -0.117. The van der Waals surface area contributed by atoms with Crippen LogP contribution >= 0.6 is 0 Å². The highest BCUT2D eigenvalue weighted by molar-refractivity contribution is 7.87. The van der Waals surface area contributed by atoms with Gasteiger partial charge in [-0.2, -0.15) is 8.42 Å². The number of hydrogen-bond acceptors (Lipinski definition) is 6. The van der Waals surface area contributed by atoms with Gasteiger partial charge in [0.1, 0.15) is 17.9 Å². The lowest BCUT2D eigenvalue weighted by Crippen LogP contribution is -2.28. The lowest BCUT2D eigenvalue weighted by atomic mass is 10.4. The molecule has 9 heteroatoms. The van der Waals surface area contributed by atoms with E-state index in [0.29, 0.717) is 0 Å². The summed E-state index contributed by atoms with van der Waals surface area (Å²) in [7, 11) is -4.71. The first-order chi connectivity index (χ1) is 7.48. The summed E-state index contributed by atoms with van der Waals surface area (Å²) in [5.41, 5.74) is 0. The summed E-state index contributed by atoms with van der Waals surface area (Å²) in [5.74, 6) is -0.483. The summed E-state index contributed by atoms with van der Waals surface area (Å²) in [6.45, 7) is -0.262. The molecule has 2 heterocycles. The number of halogens is 1. The number of nitrogens with zero attached hydrogens (tertiary/aromatic N) is 4. The molecular weight excluding hydrogens is 239 g/mol. The zero-order valence-corrected chi connectivity index (χ0v) is 8.76. The van der Waals surface area contributed by atoms with Crippen LogP contribution in [0.25, 0.3) is 0 Å². The van der Waals surface area contributed by atoms with Crippen molar-refractivity contribution in [3.8, 4) is 0 Å². The Morgan fingerprint density at radius 2 is 2.00 bits per heavy atom. The Morgan fingerprint density at radius 1 is 1.38 bits per heavy atom. The standard InChI is InChI=1S/C7H7FN4O3S/c8-16(14,15)5-1-6(13)12(2-5)7-10-3-9-4-11-7/h3-5H,1-2H2. The van der Waals surface area contributed by atoms with Crippen molar-refractivity contribution in [3.05, 3.63) is 12.7 Å². The number of amides is 1. The maximum Gasteiger partial charge on any atom is 0.307 e. The molecule has 0 saturated carbocycles. The summed E-state index contributed by atoms with van der Waals surface area (Å²) in [5, 5.41) is -1.34. The second kappa shape index (κ2) is 3.74. The van der Waals surface area contributed by atoms with Crippen LogP contribution in [0.15, 0.2) is 12.7 Å². The number of carbonyl (C=O) groups excluding carboxylic acids is 1. The van der Waals surface area contributed by atoms with Gasteiger partial charge in [0.2, 0.25) is 11.9 Å². The van der Waals surface area contributed by atoms with Crippen molar-refractivity contribution in [2.75, 3.05) is 11.4 Å². The normalized spacial score (nSPS) is 21.4. The Hall–Kier alpha value is -1.64. The molecule has 16 heavy (non-hydrogen) atoms. The molecule has 1 aliphatic rings. The summed E-state index contributed by atoms with van der Waals surface area (Å²) in [6, 6.07) is 0. The van der Waals surface area contributed by atoms with Gasteiger partial charge in [-0.3, -0.25) is 9.69 Å². The maximum atomic E-state index is 12.7. The molecule has 0 bridgehead atoms. The van der Waals surface area contributed by atoms with Gasteiger partial charge in [-0.25, -0.2) is 15.0 Å². The van der Waals surface area contributed by atoms with Crippen molar-refractivity contribution in [1.29, 1.82) is 0 Å². The van der Waals surface area contributed by atoms with Gasteiger partial charge in [0.15, 0.2) is 0 Å². The molecule has 1 aromatic rings. The van der Waals surface area contributed by atoms with Crippen molar-refractivity contribution >= 4 is 22.1 Å². The predicted octanol–water partition coefficient (Wildman–Crippen LogP) is -0.724. The van der Waals surface area contributed by atoms with Gasteiger partial charge in [0.25, 0.3) is 0 Å². The SMILES string of the molecule is O=C1CC(S(=O)(=O)F)CN1c1ncncn1. The Bertz CT molecular complexity index is 506. The fraction of sp³-hybridized carbons (Fsp3) is 0.429. The third-order valence-corrected chi connectivity index (χ3v) is 3.32. The predicted molar refractivity (Wildman–Crippen MR) is 50.6 cm³/mol. The van der Waals surface area contributed by atoms with Crippen molar-refractivity contribution in [1.82, 2.24) is 15.0 Å². The highest BCUT2D eigenvalue weighted by Gasteiger charge is 2.40. The smallest absolute Gasteiger partial charge is 0.279 e. The van der Waals surface area contributed by atoms with E-state index in [0.717, 1.165) is 4.90 Å². The first-order valence-corrected chi connectivity index (χ1v) is 5.79. The third kappa shape index (κ3) is 1.98. The zero-order valence-electron chi connectivity index (χ0n) is 7.95. The van der Waals surface area contributed by atoms with Crippen LogP contribution in [-0.4, -0.2) is 41.1 Å². The number of carbonyl (C=O) groups is 1. The fourth-order valence-corrected chi connectivity index (χ4v) is 2.10. The van der Waals surface area contributed by atoms with Crippen molar-refractivity contribution in [2.45, 2.75) is 11.7 Å². The van der Waals surface area contributed by atoms with Crippen LogP contribution in [0, 0.1) is 0 Å². The number of anilines is 1. The van der Waals surface area contributed by atoms with E-state index in [9.17, 15) is 17.1 Å². The van der Waals surface area contributed by atoms with Crippen molar-refractivity contribution in [3.63, 3.8) is 0 Å². The van der Waals surface area contributed by atoms with Gasteiger partial charge >= 0.3 is 10.2 Å². The zero-order chi connectivity index (χ0) is 11.8. The molecule has 0 spiro atoms. The quantitative estimate of drug-likeness (QED) is 0.639. The monoisotopic (exact) mass is 246 g/mol. The molecule has 1 unspecified atom stereocenters. The second-order valence-electron chi connectivity index (χ2n) is 3.24. The molecule has 86 valence electrons. The Kier molecular flexibility index (Phi) is 2.54. The van der Waals surface area contributed by atoms with Crippen LogP contribution < -0.4 is 4.90 Å². The van der Waals surface area contributed by atoms with E-state index >= 15 is 0 Å². The largest absolute Gasteiger partial charge is 0.307 e. The molecule has 0 aromatic carbocycles. The van der Waals surface area contributed by atoms with E-state index in [1.165, 1.54) is 12.7 Å². The topological polar surface area (TPSA) is 93.1 Å². The highest BCUT2D eigenvalue weighted by Crippen LogP contribution is 2.22. The molecule has 0 N–H and O–H groups in total. The molecule has 1 amide bonds. The van der Waals surface area contributed by atoms with E-state index in [1.807, 2.05) is 0 Å². The molecule has 1 fully saturated rings. The number of rotatable bonds is 2. The van der Waals surface area contributed by atoms with Crippen LogP contribution in [0.3, 0.4) is 0 Å². The molecule has 1 atom stereocenters. The molecule has 1 aliphatic heterocycles. The van der Waals surface area contributed by atoms with Gasteiger partial charge in [0.05, 0.1) is 0 Å². The second-order valence-corrected chi connectivity index (χ2v) is 4.86. The molecule has 1 saturated heterocycles. The summed E-state index contributed by atoms with van der Waals surface area (Å²) >= 11 is 0. The first-order valence-electron chi connectivity index (χ1n) is 4.34. The minimum atomic E-state index is -4.71. The van der Waals surface area contributed by atoms with E-state index in [2.05, 4.69) is 15.0 Å². The van der Waals surface area contributed by atoms with E-state index in [1.54, 1.807) is 0 Å². The van der Waals surface area contributed by atoms with Crippen molar-refractivity contribution < 1.29 is 17.1 Å². The minimum Gasteiger partial charge on any atom is -0.279 e. The van der Waals surface area contributed by atoms with Crippen LogP contribution in [0.5, 0.6) is 0 Å². The molecule has 1 aromatic heterocycles. The summed E-state index contributed by atoms with van der Waals surface area (Å²) in [6.07, 6.45) is 1.96. The molecular formula is C7H7FN4O3S. The van der Waals surface area contributed by atoms with Gasteiger partial charge < -0.3 is 0 Å². The van der Waals surface area contributed by atoms with Crippen LogP contribution in [0.4, 0.5) is 9.83 Å². The summed E-state index contributed by atoms with van der Waals surface area (Å²) < 4.78 is 34.0. The van der Waals surface area contributed by atoms with Gasteiger partial charge in [0, 0.05) is 13.0 Å². The average molecular weight is 246 g/mol. The molecule has 2 rings (SSSR count).